The Morgan fingerprint density at radius 3 is 2.48 bits per heavy atom. The van der Waals surface area contributed by atoms with Gasteiger partial charge in [-0.25, -0.2) is 8.42 Å². The minimum atomic E-state index is -3.36. The summed E-state index contributed by atoms with van der Waals surface area (Å²) >= 11 is 1.44. The predicted octanol–water partition coefficient (Wildman–Crippen LogP) is 2.41. The van der Waals surface area contributed by atoms with Crippen LogP contribution in [0.4, 0.5) is 0 Å². The molecular formula is C15H13NO3S2. The zero-order chi connectivity index (χ0) is 15.0. The van der Waals surface area contributed by atoms with Gasteiger partial charge >= 0.3 is 0 Å². The third-order valence-electron chi connectivity index (χ3n) is 3.38. The molecule has 2 aromatic rings. The maximum atomic E-state index is 12.3. The van der Waals surface area contributed by atoms with Crippen LogP contribution in [-0.4, -0.2) is 20.1 Å². The van der Waals surface area contributed by atoms with Crippen LogP contribution in [0.5, 0.6) is 0 Å². The van der Waals surface area contributed by atoms with E-state index in [1.54, 1.807) is 18.2 Å². The lowest BCUT2D eigenvalue weighted by atomic mass is 10.0. The van der Waals surface area contributed by atoms with Crippen molar-refractivity contribution >= 4 is 27.5 Å². The molecule has 1 unspecified atom stereocenters. The Balaban J connectivity index is 2.10. The fraction of sp³-hybridized carbons (Fsp3) is 0.133. The summed E-state index contributed by atoms with van der Waals surface area (Å²) in [6.07, 6.45) is 0. The van der Waals surface area contributed by atoms with Crippen molar-refractivity contribution in [1.29, 1.82) is 0 Å². The molecule has 3 rings (SSSR count). The molecule has 0 saturated carbocycles. The van der Waals surface area contributed by atoms with E-state index in [0.717, 1.165) is 4.90 Å². The summed E-state index contributed by atoms with van der Waals surface area (Å²) in [6, 6.07) is 14.2. The van der Waals surface area contributed by atoms with Crippen LogP contribution in [0.2, 0.25) is 0 Å². The summed E-state index contributed by atoms with van der Waals surface area (Å²) in [7, 11) is -3.36. The highest BCUT2D eigenvalue weighted by molar-refractivity contribution is 8.01. The van der Waals surface area contributed by atoms with Crippen LogP contribution < -0.4 is 5.73 Å². The minimum Gasteiger partial charge on any atom is -0.366 e. The molecule has 1 amide bonds. The van der Waals surface area contributed by atoms with E-state index in [-0.39, 0.29) is 15.9 Å². The summed E-state index contributed by atoms with van der Waals surface area (Å²) in [5.41, 5.74) is 6.22. The molecule has 0 radical (unpaired) electrons. The van der Waals surface area contributed by atoms with Crippen molar-refractivity contribution in [3.8, 4) is 0 Å². The molecule has 108 valence electrons. The van der Waals surface area contributed by atoms with Gasteiger partial charge in [0.1, 0.15) is 0 Å². The second-order valence-corrected chi connectivity index (χ2v) is 8.06. The Morgan fingerprint density at radius 1 is 1.10 bits per heavy atom. The molecule has 21 heavy (non-hydrogen) atoms. The van der Waals surface area contributed by atoms with Gasteiger partial charge in [-0.2, -0.15) is 0 Å². The van der Waals surface area contributed by atoms with Crippen LogP contribution in [0.3, 0.4) is 0 Å². The van der Waals surface area contributed by atoms with Gasteiger partial charge in [0, 0.05) is 10.5 Å². The zero-order valence-corrected chi connectivity index (χ0v) is 12.7. The lowest BCUT2D eigenvalue weighted by molar-refractivity contribution is 0.0999. The molecule has 1 aliphatic heterocycles. The minimum absolute atomic E-state index is 0.00775. The van der Waals surface area contributed by atoms with Gasteiger partial charge in [0.25, 0.3) is 0 Å². The highest BCUT2D eigenvalue weighted by Crippen LogP contribution is 2.46. The largest absolute Gasteiger partial charge is 0.366 e. The second-order valence-electron chi connectivity index (χ2n) is 4.78. The number of primary amides is 1. The number of fused-ring (bicyclic) bond motifs is 1. The number of carbonyl (C=O) groups is 1. The van der Waals surface area contributed by atoms with E-state index in [1.165, 1.54) is 11.8 Å². The quantitative estimate of drug-likeness (QED) is 0.942. The summed E-state index contributed by atoms with van der Waals surface area (Å²) < 4.78 is 24.5. The second kappa shape index (κ2) is 5.20. The number of sulfone groups is 1. The number of amides is 1. The van der Waals surface area contributed by atoms with Gasteiger partial charge in [-0.15, -0.1) is 11.8 Å². The average Bonchev–Trinajstić information content (AvgIpc) is 2.71. The first kappa shape index (κ1) is 14.2. The van der Waals surface area contributed by atoms with E-state index in [1.807, 2.05) is 30.3 Å². The molecular weight excluding hydrogens is 306 g/mol. The van der Waals surface area contributed by atoms with Crippen LogP contribution in [0.1, 0.15) is 21.2 Å². The Bertz CT molecular complexity index is 801. The third kappa shape index (κ3) is 2.56. The first-order chi connectivity index (χ1) is 9.99. The van der Waals surface area contributed by atoms with E-state index >= 15 is 0 Å². The number of hydrogen-bond acceptors (Lipinski definition) is 4. The van der Waals surface area contributed by atoms with Gasteiger partial charge in [0.05, 0.1) is 15.9 Å². The molecule has 1 aliphatic rings. The standard InChI is InChI=1S/C15H13NO3S2/c16-15(17)11-7-4-8-13-14(11)12(9-21(13,18)19)20-10-5-2-1-3-6-10/h1-8,12H,9H2,(H2,16,17). The fourth-order valence-corrected chi connectivity index (χ4v) is 6.01. The Hall–Kier alpha value is -1.79. The molecule has 0 saturated heterocycles. The van der Waals surface area contributed by atoms with Gasteiger partial charge in [-0.05, 0) is 29.8 Å². The molecule has 4 nitrogen and oxygen atoms in total. The van der Waals surface area contributed by atoms with Crippen LogP contribution in [0.25, 0.3) is 0 Å². The van der Waals surface area contributed by atoms with Crippen molar-refractivity contribution in [3.05, 3.63) is 59.7 Å². The molecule has 2 aromatic carbocycles. The summed E-state index contributed by atoms with van der Waals surface area (Å²) in [5, 5.41) is -0.309. The number of nitrogens with two attached hydrogens (primary N) is 1. The summed E-state index contributed by atoms with van der Waals surface area (Å²) in [5.74, 6) is -0.603. The van der Waals surface area contributed by atoms with Crippen molar-refractivity contribution in [2.75, 3.05) is 5.75 Å². The van der Waals surface area contributed by atoms with Crippen LogP contribution in [0, 0.1) is 0 Å². The maximum Gasteiger partial charge on any atom is 0.249 e. The van der Waals surface area contributed by atoms with Gasteiger partial charge < -0.3 is 5.73 Å². The number of hydrogen-bond donors (Lipinski definition) is 1. The molecule has 0 bridgehead atoms. The molecule has 1 atom stereocenters. The molecule has 6 heteroatoms. The molecule has 0 spiro atoms. The number of rotatable bonds is 3. The summed E-state index contributed by atoms with van der Waals surface area (Å²) in [6.45, 7) is 0. The van der Waals surface area contributed by atoms with Crippen LogP contribution in [0.15, 0.2) is 58.3 Å². The van der Waals surface area contributed by atoms with E-state index in [2.05, 4.69) is 0 Å². The van der Waals surface area contributed by atoms with Crippen LogP contribution in [-0.2, 0) is 9.84 Å². The van der Waals surface area contributed by atoms with Crippen LogP contribution >= 0.6 is 11.8 Å². The first-order valence-corrected chi connectivity index (χ1v) is 8.89. The van der Waals surface area contributed by atoms with E-state index in [4.69, 9.17) is 5.73 Å². The highest BCUT2D eigenvalue weighted by atomic mass is 32.2. The molecule has 0 fully saturated rings. The normalized spacial score (nSPS) is 19.1. The lowest BCUT2D eigenvalue weighted by Crippen LogP contribution is -2.14. The van der Waals surface area contributed by atoms with Gasteiger partial charge in [0.2, 0.25) is 5.91 Å². The SMILES string of the molecule is NC(=O)c1cccc2c1C(Sc1ccccc1)CS2(=O)=O. The van der Waals surface area contributed by atoms with Gasteiger partial charge in [-0.3, -0.25) is 4.79 Å². The van der Waals surface area contributed by atoms with Crippen molar-refractivity contribution in [1.82, 2.24) is 0 Å². The van der Waals surface area contributed by atoms with Crippen molar-refractivity contribution in [2.24, 2.45) is 5.73 Å². The van der Waals surface area contributed by atoms with Gasteiger partial charge in [0.15, 0.2) is 9.84 Å². The highest BCUT2D eigenvalue weighted by Gasteiger charge is 2.37. The van der Waals surface area contributed by atoms with Crippen molar-refractivity contribution < 1.29 is 13.2 Å². The first-order valence-electron chi connectivity index (χ1n) is 6.36. The van der Waals surface area contributed by atoms with Gasteiger partial charge in [-0.1, -0.05) is 24.3 Å². The van der Waals surface area contributed by atoms with E-state index in [0.29, 0.717) is 11.1 Å². The topological polar surface area (TPSA) is 77.2 Å². The summed E-state index contributed by atoms with van der Waals surface area (Å²) in [4.78, 5) is 12.8. The van der Waals surface area contributed by atoms with E-state index < -0.39 is 15.7 Å². The third-order valence-corrected chi connectivity index (χ3v) is 6.62. The predicted molar refractivity (Wildman–Crippen MR) is 82.1 cm³/mol. The fourth-order valence-electron chi connectivity index (χ4n) is 2.49. The Kier molecular flexibility index (Phi) is 3.51. The monoisotopic (exact) mass is 319 g/mol. The lowest BCUT2D eigenvalue weighted by Gasteiger charge is -2.12. The molecule has 1 heterocycles. The van der Waals surface area contributed by atoms with Crippen molar-refractivity contribution in [3.63, 3.8) is 0 Å². The number of thioether (sulfide) groups is 1. The maximum absolute atomic E-state index is 12.3. The molecule has 0 aromatic heterocycles. The average molecular weight is 319 g/mol. The Labute approximate surface area is 127 Å². The Morgan fingerprint density at radius 2 is 1.81 bits per heavy atom. The van der Waals surface area contributed by atoms with E-state index in [9.17, 15) is 13.2 Å². The number of benzene rings is 2. The molecule has 0 aliphatic carbocycles. The number of carbonyl (C=O) groups excluding carboxylic acids is 1. The molecule has 2 N–H and O–H groups in total. The smallest absolute Gasteiger partial charge is 0.249 e. The van der Waals surface area contributed by atoms with Crippen molar-refractivity contribution in [2.45, 2.75) is 15.0 Å². The zero-order valence-electron chi connectivity index (χ0n) is 11.0.